The number of benzene rings is 1. The van der Waals surface area contributed by atoms with Crippen LogP contribution in [-0.2, 0) is 16.1 Å². The first-order valence-corrected chi connectivity index (χ1v) is 8.37. The van der Waals surface area contributed by atoms with Gasteiger partial charge in [0.2, 0.25) is 0 Å². The van der Waals surface area contributed by atoms with Crippen molar-refractivity contribution < 1.29 is 19.0 Å². The van der Waals surface area contributed by atoms with Crippen molar-refractivity contribution in [3.63, 3.8) is 0 Å². The molecule has 1 fully saturated rings. The molecule has 1 aromatic rings. The van der Waals surface area contributed by atoms with Crippen molar-refractivity contribution in [2.45, 2.75) is 19.4 Å². The molecule has 0 saturated carbocycles. The highest BCUT2D eigenvalue weighted by molar-refractivity contribution is 14.0. The van der Waals surface area contributed by atoms with Crippen LogP contribution >= 0.6 is 24.0 Å². The quantitative estimate of drug-likeness (QED) is 0.304. The number of aliphatic imine (C=N–C) groups is 1. The standard InChI is InChI=1S/C18H27N3O4.HI/c1-19-18(21-10-8-13(9-11-21)17(22)25-4)20-12-14-6-5-7-15(23-2)16(14)24-3;/h5-7,13H,8-12H2,1-4H3,(H,19,20);1H. The number of rotatable bonds is 5. The Morgan fingerprint density at radius 3 is 2.46 bits per heavy atom. The molecular weight excluding hydrogens is 449 g/mol. The average molecular weight is 477 g/mol. The Kier molecular flexibility index (Phi) is 9.53. The van der Waals surface area contributed by atoms with Crippen molar-refractivity contribution in [1.82, 2.24) is 10.2 Å². The summed E-state index contributed by atoms with van der Waals surface area (Å²) in [5, 5.41) is 3.36. The molecule has 1 saturated heterocycles. The Hall–Kier alpha value is -1.71. The molecule has 2 rings (SSSR count). The first-order valence-electron chi connectivity index (χ1n) is 8.37. The van der Waals surface area contributed by atoms with Gasteiger partial charge in [-0.3, -0.25) is 9.79 Å². The van der Waals surface area contributed by atoms with E-state index >= 15 is 0 Å². The summed E-state index contributed by atoms with van der Waals surface area (Å²) in [5.74, 6) is 2.10. The summed E-state index contributed by atoms with van der Waals surface area (Å²) < 4.78 is 15.6. The minimum absolute atomic E-state index is 0. The van der Waals surface area contributed by atoms with Crippen molar-refractivity contribution >= 4 is 35.9 Å². The fourth-order valence-corrected chi connectivity index (χ4v) is 3.09. The van der Waals surface area contributed by atoms with Gasteiger partial charge in [-0.05, 0) is 18.9 Å². The van der Waals surface area contributed by atoms with Gasteiger partial charge in [-0.15, -0.1) is 24.0 Å². The minimum atomic E-state index is -0.122. The molecule has 1 heterocycles. The van der Waals surface area contributed by atoms with Gasteiger partial charge >= 0.3 is 5.97 Å². The number of nitrogens with zero attached hydrogens (tertiary/aromatic N) is 2. The van der Waals surface area contributed by atoms with Crippen LogP contribution in [0.1, 0.15) is 18.4 Å². The van der Waals surface area contributed by atoms with Gasteiger partial charge in [-0.25, -0.2) is 0 Å². The molecule has 26 heavy (non-hydrogen) atoms. The first kappa shape index (κ1) is 22.3. The fourth-order valence-electron chi connectivity index (χ4n) is 3.09. The lowest BCUT2D eigenvalue weighted by Crippen LogP contribution is -2.46. The van der Waals surface area contributed by atoms with E-state index in [1.54, 1.807) is 21.3 Å². The van der Waals surface area contributed by atoms with E-state index < -0.39 is 0 Å². The number of hydrogen-bond acceptors (Lipinski definition) is 5. The van der Waals surface area contributed by atoms with Crippen LogP contribution in [-0.4, -0.2) is 58.3 Å². The van der Waals surface area contributed by atoms with E-state index in [0.29, 0.717) is 12.3 Å². The number of carbonyl (C=O) groups is 1. The molecule has 146 valence electrons. The highest BCUT2D eigenvalue weighted by atomic mass is 127. The van der Waals surface area contributed by atoms with Crippen molar-refractivity contribution in [3.05, 3.63) is 23.8 Å². The van der Waals surface area contributed by atoms with Gasteiger partial charge in [0.25, 0.3) is 0 Å². The highest BCUT2D eigenvalue weighted by Crippen LogP contribution is 2.30. The predicted octanol–water partition coefficient (Wildman–Crippen LogP) is 2.28. The molecule has 7 nitrogen and oxygen atoms in total. The number of hydrogen-bond donors (Lipinski definition) is 1. The fraction of sp³-hybridized carbons (Fsp3) is 0.556. The molecule has 0 aliphatic carbocycles. The maximum Gasteiger partial charge on any atom is 0.308 e. The number of halogens is 1. The van der Waals surface area contributed by atoms with Crippen LogP contribution in [0.2, 0.25) is 0 Å². The minimum Gasteiger partial charge on any atom is -0.493 e. The van der Waals surface area contributed by atoms with Crippen molar-refractivity contribution in [1.29, 1.82) is 0 Å². The van der Waals surface area contributed by atoms with Crippen molar-refractivity contribution in [2.75, 3.05) is 41.5 Å². The molecule has 0 spiro atoms. The van der Waals surface area contributed by atoms with Crippen LogP contribution in [0.5, 0.6) is 11.5 Å². The number of likely N-dealkylation sites (tertiary alicyclic amines) is 1. The summed E-state index contributed by atoms with van der Waals surface area (Å²) >= 11 is 0. The van der Waals surface area contributed by atoms with Gasteiger partial charge in [-0.2, -0.15) is 0 Å². The predicted molar refractivity (Wildman–Crippen MR) is 111 cm³/mol. The number of nitrogens with one attached hydrogen (secondary N) is 1. The third kappa shape index (κ3) is 5.39. The topological polar surface area (TPSA) is 72.4 Å². The monoisotopic (exact) mass is 477 g/mol. The molecule has 1 aliphatic rings. The van der Waals surface area contributed by atoms with Gasteiger partial charge in [-0.1, -0.05) is 12.1 Å². The van der Waals surface area contributed by atoms with E-state index in [4.69, 9.17) is 14.2 Å². The highest BCUT2D eigenvalue weighted by Gasteiger charge is 2.27. The summed E-state index contributed by atoms with van der Waals surface area (Å²) in [7, 11) is 6.46. The molecule has 1 aliphatic heterocycles. The Balaban J connectivity index is 0.00000338. The van der Waals surface area contributed by atoms with Crippen LogP contribution in [0, 0.1) is 5.92 Å². The molecular formula is C18H28IN3O4. The van der Waals surface area contributed by atoms with Crippen LogP contribution in [0.15, 0.2) is 23.2 Å². The second-order valence-corrected chi connectivity index (χ2v) is 5.84. The number of guanidine groups is 1. The van der Waals surface area contributed by atoms with Gasteiger partial charge in [0.05, 0.1) is 27.2 Å². The van der Waals surface area contributed by atoms with E-state index in [9.17, 15) is 4.79 Å². The van der Waals surface area contributed by atoms with Gasteiger partial charge in [0.1, 0.15) is 0 Å². The van der Waals surface area contributed by atoms with Crippen molar-refractivity contribution in [3.8, 4) is 11.5 Å². The lowest BCUT2D eigenvalue weighted by Gasteiger charge is -2.33. The largest absolute Gasteiger partial charge is 0.493 e. The lowest BCUT2D eigenvalue weighted by atomic mass is 9.97. The SMILES string of the molecule is CN=C(NCc1cccc(OC)c1OC)N1CCC(C(=O)OC)CC1.I. The maximum atomic E-state index is 11.6. The molecule has 0 aromatic heterocycles. The molecule has 0 amide bonds. The van der Waals surface area contributed by atoms with Crippen LogP contribution < -0.4 is 14.8 Å². The zero-order valence-corrected chi connectivity index (χ0v) is 18.1. The van der Waals surface area contributed by atoms with Crippen LogP contribution in [0.4, 0.5) is 0 Å². The number of carbonyl (C=O) groups excluding carboxylic acids is 1. The van der Waals surface area contributed by atoms with Crippen molar-refractivity contribution in [2.24, 2.45) is 10.9 Å². The number of ether oxygens (including phenoxy) is 3. The molecule has 0 bridgehead atoms. The number of piperidine rings is 1. The van der Waals surface area contributed by atoms with E-state index in [1.807, 2.05) is 18.2 Å². The summed E-state index contributed by atoms with van der Waals surface area (Å²) in [6.45, 7) is 2.12. The molecule has 8 heteroatoms. The zero-order valence-electron chi connectivity index (χ0n) is 15.8. The second kappa shape index (κ2) is 11.1. The number of esters is 1. The summed E-state index contributed by atoms with van der Waals surface area (Å²) in [4.78, 5) is 18.2. The summed E-state index contributed by atoms with van der Waals surface area (Å²) in [6, 6.07) is 5.79. The molecule has 1 aromatic carbocycles. The molecule has 0 unspecified atom stereocenters. The van der Waals surface area contributed by atoms with Gasteiger partial charge in [0, 0.05) is 32.2 Å². The first-order chi connectivity index (χ1) is 12.1. The normalized spacial score (nSPS) is 15.1. The Morgan fingerprint density at radius 1 is 1.23 bits per heavy atom. The Bertz CT molecular complexity index is 616. The lowest BCUT2D eigenvalue weighted by molar-refractivity contribution is -0.146. The van der Waals surface area contributed by atoms with E-state index in [-0.39, 0.29) is 35.9 Å². The molecule has 0 radical (unpaired) electrons. The average Bonchev–Trinajstić information content (AvgIpc) is 2.67. The van der Waals surface area contributed by atoms with E-state index in [2.05, 4.69) is 15.2 Å². The molecule has 1 N–H and O–H groups in total. The Morgan fingerprint density at radius 2 is 1.92 bits per heavy atom. The third-order valence-corrected chi connectivity index (χ3v) is 4.46. The van der Waals surface area contributed by atoms with Gasteiger partial charge < -0.3 is 24.4 Å². The van der Waals surface area contributed by atoms with E-state index in [0.717, 1.165) is 43.2 Å². The number of methoxy groups -OCH3 is 3. The molecule has 0 atom stereocenters. The van der Waals surface area contributed by atoms with Gasteiger partial charge in [0.15, 0.2) is 17.5 Å². The number of para-hydroxylation sites is 1. The van der Waals surface area contributed by atoms with E-state index in [1.165, 1.54) is 7.11 Å². The summed E-state index contributed by atoms with van der Waals surface area (Å²) in [5.41, 5.74) is 0.993. The second-order valence-electron chi connectivity index (χ2n) is 5.84. The van der Waals surface area contributed by atoms with Crippen LogP contribution in [0.3, 0.4) is 0 Å². The Labute approximate surface area is 172 Å². The maximum absolute atomic E-state index is 11.6. The third-order valence-electron chi connectivity index (χ3n) is 4.46. The zero-order chi connectivity index (χ0) is 18.2. The smallest absolute Gasteiger partial charge is 0.308 e. The summed E-state index contributed by atoms with van der Waals surface area (Å²) in [6.07, 6.45) is 1.55. The van der Waals surface area contributed by atoms with Crippen LogP contribution in [0.25, 0.3) is 0 Å².